The van der Waals surface area contributed by atoms with Crippen LogP contribution in [-0.4, -0.2) is 28.6 Å². The van der Waals surface area contributed by atoms with Crippen molar-refractivity contribution in [3.05, 3.63) is 28.0 Å². The molecule has 4 nitrogen and oxygen atoms in total. The Balaban J connectivity index is 2.79. The number of aryl methyl sites for hydroxylation is 1. The molecule has 0 saturated carbocycles. The van der Waals surface area contributed by atoms with Gasteiger partial charge in [0, 0.05) is 10.7 Å². The van der Waals surface area contributed by atoms with Crippen LogP contribution in [0.25, 0.3) is 0 Å². The number of nitrogens with zero attached hydrogens (tertiary/aromatic N) is 1. The van der Waals surface area contributed by atoms with Gasteiger partial charge in [-0.15, -0.1) is 0 Å². The molecule has 1 aromatic rings. The molecule has 1 unspecified atom stereocenters. The molecule has 0 saturated heterocycles. The van der Waals surface area contributed by atoms with E-state index in [1.165, 1.54) is 0 Å². The van der Waals surface area contributed by atoms with E-state index in [-0.39, 0.29) is 24.5 Å². The highest BCUT2D eigenvalue weighted by atomic mass is 79.9. The van der Waals surface area contributed by atoms with Gasteiger partial charge in [-0.1, -0.05) is 13.8 Å². The van der Waals surface area contributed by atoms with Crippen LogP contribution < -0.4 is 5.32 Å². The summed E-state index contributed by atoms with van der Waals surface area (Å²) in [7, 11) is 0. The monoisotopic (exact) mass is 300 g/mol. The molecule has 1 heterocycles. The number of aromatic nitrogens is 1. The molecule has 1 aromatic heterocycles. The second-order valence-corrected chi connectivity index (χ2v) is 5.18. The Morgan fingerprint density at radius 2 is 2.24 bits per heavy atom. The molecular formula is C12H17BrN2O2. The lowest BCUT2D eigenvalue weighted by atomic mass is 10.1. The Kier molecular flexibility index (Phi) is 5.08. The second kappa shape index (κ2) is 6.12. The van der Waals surface area contributed by atoms with E-state index in [2.05, 4.69) is 26.2 Å². The molecule has 0 aliphatic rings. The number of aliphatic hydroxyl groups excluding tert-OH is 1. The number of rotatable bonds is 4. The molecule has 17 heavy (non-hydrogen) atoms. The average molecular weight is 301 g/mol. The first-order valence-corrected chi connectivity index (χ1v) is 6.29. The zero-order chi connectivity index (χ0) is 13.0. The number of pyridine rings is 1. The maximum absolute atomic E-state index is 11.9. The van der Waals surface area contributed by atoms with E-state index < -0.39 is 0 Å². The first-order valence-electron chi connectivity index (χ1n) is 5.49. The van der Waals surface area contributed by atoms with Gasteiger partial charge in [0.1, 0.15) is 5.69 Å². The summed E-state index contributed by atoms with van der Waals surface area (Å²) in [5.41, 5.74) is 1.32. The van der Waals surface area contributed by atoms with Gasteiger partial charge in [-0.05, 0) is 40.4 Å². The summed E-state index contributed by atoms with van der Waals surface area (Å²) in [6, 6.07) is 1.47. The number of hydrogen-bond donors (Lipinski definition) is 2. The molecule has 0 aliphatic heterocycles. The largest absolute Gasteiger partial charge is 0.394 e. The van der Waals surface area contributed by atoms with Crippen molar-refractivity contribution in [1.29, 1.82) is 0 Å². The molecule has 0 bridgehead atoms. The summed E-state index contributed by atoms with van der Waals surface area (Å²) in [5.74, 6) is -0.0751. The lowest BCUT2D eigenvalue weighted by Crippen LogP contribution is -2.41. The highest BCUT2D eigenvalue weighted by Crippen LogP contribution is 2.15. The van der Waals surface area contributed by atoms with E-state index in [0.29, 0.717) is 5.69 Å². The Labute approximate surface area is 110 Å². The van der Waals surface area contributed by atoms with Crippen molar-refractivity contribution < 1.29 is 9.90 Å². The van der Waals surface area contributed by atoms with Gasteiger partial charge < -0.3 is 10.4 Å². The van der Waals surface area contributed by atoms with E-state index >= 15 is 0 Å². The Hall–Kier alpha value is -0.940. The predicted octanol–water partition coefficient (Wildman–Crippen LogP) is 1.90. The smallest absolute Gasteiger partial charge is 0.270 e. The minimum Gasteiger partial charge on any atom is -0.394 e. The zero-order valence-electron chi connectivity index (χ0n) is 10.2. The van der Waals surface area contributed by atoms with Crippen LogP contribution >= 0.6 is 15.9 Å². The van der Waals surface area contributed by atoms with Crippen LogP contribution in [0.5, 0.6) is 0 Å². The lowest BCUT2D eigenvalue weighted by molar-refractivity contribution is 0.0891. The van der Waals surface area contributed by atoms with Crippen molar-refractivity contribution in [2.75, 3.05) is 6.61 Å². The zero-order valence-corrected chi connectivity index (χ0v) is 11.8. The average Bonchev–Trinajstić information content (AvgIpc) is 2.28. The molecule has 5 heteroatoms. The Bertz CT molecular complexity index is 407. The second-order valence-electron chi connectivity index (χ2n) is 4.33. The van der Waals surface area contributed by atoms with Gasteiger partial charge in [-0.25, -0.2) is 4.98 Å². The molecule has 94 valence electrons. The standard InChI is InChI=1S/C12H17BrN2O2/c1-7(2)11(6-16)15-12(17)10-4-8(3)9(13)5-14-10/h4-5,7,11,16H,6H2,1-3H3,(H,15,17). The van der Waals surface area contributed by atoms with Gasteiger partial charge in [0.05, 0.1) is 12.6 Å². The summed E-state index contributed by atoms with van der Waals surface area (Å²) in [4.78, 5) is 15.9. The van der Waals surface area contributed by atoms with Crippen molar-refractivity contribution in [2.24, 2.45) is 5.92 Å². The quantitative estimate of drug-likeness (QED) is 0.893. The summed E-state index contributed by atoms with van der Waals surface area (Å²) in [6.07, 6.45) is 1.60. The Morgan fingerprint density at radius 1 is 1.59 bits per heavy atom. The van der Waals surface area contributed by atoms with Crippen molar-refractivity contribution in [3.63, 3.8) is 0 Å². The van der Waals surface area contributed by atoms with E-state index in [1.54, 1.807) is 12.3 Å². The molecule has 1 amide bonds. The number of hydrogen-bond acceptors (Lipinski definition) is 3. The van der Waals surface area contributed by atoms with E-state index in [9.17, 15) is 4.79 Å². The van der Waals surface area contributed by atoms with Crippen LogP contribution in [0.15, 0.2) is 16.7 Å². The van der Waals surface area contributed by atoms with Gasteiger partial charge in [-0.3, -0.25) is 4.79 Å². The molecule has 0 spiro atoms. The number of carbonyl (C=O) groups excluding carboxylic acids is 1. The summed E-state index contributed by atoms with van der Waals surface area (Å²) >= 11 is 3.33. The Morgan fingerprint density at radius 3 is 2.71 bits per heavy atom. The number of halogens is 1. The third-order valence-corrected chi connectivity index (χ3v) is 3.43. The molecule has 0 aromatic carbocycles. The predicted molar refractivity (Wildman–Crippen MR) is 69.9 cm³/mol. The molecule has 0 fully saturated rings. The van der Waals surface area contributed by atoms with Crippen molar-refractivity contribution in [3.8, 4) is 0 Å². The minimum absolute atomic E-state index is 0.0705. The molecule has 0 aliphatic carbocycles. The number of nitrogens with one attached hydrogen (secondary N) is 1. The van der Waals surface area contributed by atoms with Crippen LogP contribution in [0.2, 0.25) is 0 Å². The highest BCUT2D eigenvalue weighted by molar-refractivity contribution is 9.10. The summed E-state index contributed by atoms with van der Waals surface area (Å²) in [5, 5.41) is 11.9. The first kappa shape index (κ1) is 14.1. The van der Waals surface area contributed by atoms with Gasteiger partial charge in [0.2, 0.25) is 0 Å². The fourth-order valence-electron chi connectivity index (χ4n) is 1.33. The van der Waals surface area contributed by atoms with Crippen molar-refractivity contribution in [1.82, 2.24) is 10.3 Å². The fraction of sp³-hybridized carbons (Fsp3) is 0.500. The summed E-state index contributed by atoms with van der Waals surface area (Å²) in [6.45, 7) is 5.72. The maximum atomic E-state index is 11.9. The van der Waals surface area contributed by atoms with Gasteiger partial charge in [0.25, 0.3) is 5.91 Å². The van der Waals surface area contributed by atoms with Crippen LogP contribution in [0.4, 0.5) is 0 Å². The van der Waals surface area contributed by atoms with Crippen molar-refractivity contribution in [2.45, 2.75) is 26.8 Å². The summed E-state index contributed by atoms with van der Waals surface area (Å²) < 4.78 is 0.872. The first-order chi connectivity index (χ1) is 7.95. The highest BCUT2D eigenvalue weighted by Gasteiger charge is 2.17. The van der Waals surface area contributed by atoms with Gasteiger partial charge in [0.15, 0.2) is 0 Å². The topological polar surface area (TPSA) is 62.2 Å². The molecule has 1 rings (SSSR count). The van der Waals surface area contributed by atoms with E-state index in [4.69, 9.17) is 5.11 Å². The molecule has 2 N–H and O–H groups in total. The molecule has 0 radical (unpaired) electrons. The third-order valence-electron chi connectivity index (χ3n) is 2.60. The normalized spacial score (nSPS) is 12.6. The van der Waals surface area contributed by atoms with Gasteiger partial charge >= 0.3 is 0 Å². The number of amides is 1. The number of carbonyl (C=O) groups is 1. The molecular weight excluding hydrogens is 284 g/mol. The van der Waals surface area contributed by atoms with Crippen LogP contribution in [0.1, 0.15) is 29.9 Å². The fourth-order valence-corrected chi connectivity index (χ4v) is 1.55. The van der Waals surface area contributed by atoms with Crippen LogP contribution in [0.3, 0.4) is 0 Å². The van der Waals surface area contributed by atoms with Crippen LogP contribution in [-0.2, 0) is 0 Å². The van der Waals surface area contributed by atoms with Crippen LogP contribution in [0, 0.1) is 12.8 Å². The molecule has 1 atom stereocenters. The maximum Gasteiger partial charge on any atom is 0.270 e. The number of aliphatic hydroxyl groups is 1. The third kappa shape index (κ3) is 3.78. The van der Waals surface area contributed by atoms with E-state index in [1.807, 2.05) is 20.8 Å². The van der Waals surface area contributed by atoms with Gasteiger partial charge in [-0.2, -0.15) is 0 Å². The minimum atomic E-state index is -0.256. The van der Waals surface area contributed by atoms with Crippen molar-refractivity contribution >= 4 is 21.8 Å². The van der Waals surface area contributed by atoms with E-state index in [0.717, 1.165) is 10.0 Å². The lowest BCUT2D eigenvalue weighted by Gasteiger charge is -2.19. The SMILES string of the molecule is Cc1cc(C(=O)NC(CO)C(C)C)ncc1Br.